The molecule has 2 aliphatic heterocycles. The van der Waals surface area contributed by atoms with Crippen molar-refractivity contribution in [3.8, 4) is 0 Å². The van der Waals surface area contributed by atoms with E-state index in [0.29, 0.717) is 6.42 Å². The van der Waals surface area contributed by atoms with E-state index in [4.69, 9.17) is 18.9 Å². The predicted octanol–water partition coefficient (Wildman–Crippen LogP) is 11.0. The number of unbranched alkanes of at least 4 members (excludes halogenated alkanes) is 33. The van der Waals surface area contributed by atoms with Gasteiger partial charge in [0.1, 0.15) is 48.8 Å². The molecular formula is C62H115NO13. The van der Waals surface area contributed by atoms with Gasteiger partial charge >= 0.3 is 0 Å². The molecular weight excluding hydrogens is 967 g/mol. The SMILES string of the molecule is CCCCCCC/C=C\C/C=C\CCCCCCCCCCCCCCCCCCCC(=O)NC(COC1OC(CO)C(OC2OC(CO)C(O)C(O)C2O)C(O)C1O)C(O)/C=C/CCCCCCCCCCCCC. The first kappa shape index (κ1) is 70.3. The van der Waals surface area contributed by atoms with E-state index < -0.39 is 86.8 Å². The minimum atomic E-state index is -1.79. The second-order valence-electron chi connectivity index (χ2n) is 22.2. The summed E-state index contributed by atoms with van der Waals surface area (Å²) in [5.41, 5.74) is 0. The number of allylic oxidation sites excluding steroid dienone is 5. The van der Waals surface area contributed by atoms with E-state index in [0.717, 1.165) is 44.9 Å². The molecule has 14 heteroatoms. The second kappa shape index (κ2) is 48.0. The molecule has 0 bridgehead atoms. The summed E-state index contributed by atoms with van der Waals surface area (Å²) in [6.45, 7) is 2.79. The van der Waals surface area contributed by atoms with Crippen molar-refractivity contribution in [2.75, 3.05) is 19.8 Å². The van der Waals surface area contributed by atoms with E-state index in [1.54, 1.807) is 6.08 Å². The average molecular weight is 1080 g/mol. The zero-order valence-electron chi connectivity index (χ0n) is 48.0. The maximum absolute atomic E-state index is 13.3. The van der Waals surface area contributed by atoms with E-state index in [1.807, 2.05) is 6.08 Å². The Hall–Kier alpha value is -1.79. The van der Waals surface area contributed by atoms with Crippen molar-refractivity contribution in [1.29, 1.82) is 0 Å². The van der Waals surface area contributed by atoms with Crippen LogP contribution in [0, 0.1) is 0 Å². The Balaban J connectivity index is 1.67. The van der Waals surface area contributed by atoms with Crippen molar-refractivity contribution in [3.05, 3.63) is 36.5 Å². The molecule has 446 valence electrons. The van der Waals surface area contributed by atoms with E-state index in [-0.39, 0.29) is 18.9 Å². The molecule has 0 spiro atoms. The van der Waals surface area contributed by atoms with Crippen LogP contribution in [0.1, 0.15) is 258 Å². The molecule has 0 saturated carbocycles. The highest BCUT2D eigenvalue weighted by Crippen LogP contribution is 2.30. The van der Waals surface area contributed by atoms with Crippen LogP contribution in [0.2, 0.25) is 0 Å². The summed E-state index contributed by atoms with van der Waals surface area (Å²) in [4.78, 5) is 13.3. The van der Waals surface area contributed by atoms with E-state index in [1.165, 1.54) is 186 Å². The molecule has 2 aliphatic rings. The summed E-state index contributed by atoms with van der Waals surface area (Å²) in [6.07, 6.45) is 42.0. The van der Waals surface area contributed by atoms with Crippen molar-refractivity contribution in [2.45, 2.75) is 331 Å². The number of aliphatic hydroxyl groups is 8. The van der Waals surface area contributed by atoms with Gasteiger partial charge in [-0.25, -0.2) is 0 Å². The number of hydrogen-bond acceptors (Lipinski definition) is 13. The highest BCUT2D eigenvalue weighted by Gasteiger charge is 2.51. The van der Waals surface area contributed by atoms with Crippen molar-refractivity contribution >= 4 is 5.91 Å². The lowest BCUT2D eigenvalue weighted by Crippen LogP contribution is -2.65. The summed E-state index contributed by atoms with van der Waals surface area (Å²) >= 11 is 0. The molecule has 2 saturated heterocycles. The van der Waals surface area contributed by atoms with Crippen molar-refractivity contribution in [3.63, 3.8) is 0 Å². The summed E-state index contributed by atoms with van der Waals surface area (Å²) in [5.74, 6) is -0.237. The third kappa shape index (κ3) is 33.1. The third-order valence-electron chi connectivity index (χ3n) is 15.3. The number of hydrogen-bond donors (Lipinski definition) is 9. The Morgan fingerprint density at radius 3 is 1.32 bits per heavy atom. The molecule has 0 aromatic heterocycles. The van der Waals surface area contributed by atoms with Crippen molar-refractivity contribution < 1.29 is 64.6 Å². The van der Waals surface area contributed by atoms with Crippen LogP contribution >= 0.6 is 0 Å². The topological polar surface area (TPSA) is 228 Å². The summed E-state index contributed by atoms with van der Waals surface area (Å²) < 4.78 is 22.8. The monoisotopic (exact) mass is 1080 g/mol. The first-order valence-electron chi connectivity index (χ1n) is 31.2. The van der Waals surface area contributed by atoms with Gasteiger partial charge in [0.05, 0.1) is 32.0 Å². The van der Waals surface area contributed by atoms with Crippen LogP contribution in [0.5, 0.6) is 0 Å². The van der Waals surface area contributed by atoms with Gasteiger partial charge < -0.3 is 65.1 Å². The van der Waals surface area contributed by atoms with Crippen LogP contribution in [-0.4, -0.2) is 140 Å². The van der Waals surface area contributed by atoms with E-state index in [2.05, 4.69) is 43.5 Å². The molecule has 0 radical (unpaired) electrons. The number of rotatable bonds is 50. The second-order valence-corrected chi connectivity index (χ2v) is 22.2. The van der Waals surface area contributed by atoms with Crippen molar-refractivity contribution in [1.82, 2.24) is 5.32 Å². The lowest BCUT2D eigenvalue weighted by Gasteiger charge is -2.46. The van der Waals surface area contributed by atoms with Gasteiger partial charge in [0.25, 0.3) is 0 Å². The summed E-state index contributed by atoms with van der Waals surface area (Å²) in [7, 11) is 0. The van der Waals surface area contributed by atoms with Gasteiger partial charge in [0.15, 0.2) is 12.6 Å². The number of carbonyl (C=O) groups is 1. The fourth-order valence-corrected chi connectivity index (χ4v) is 10.3. The Bertz CT molecular complexity index is 1410. The van der Waals surface area contributed by atoms with Crippen LogP contribution in [0.25, 0.3) is 0 Å². The lowest BCUT2D eigenvalue weighted by atomic mass is 9.97. The van der Waals surface area contributed by atoms with Crippen LogP contribution in [0.4, 0.5) is 0 Å². The Morgan fingerprint density at radius 2 is 0.868 bits per heavy atom. The van der Waals surface area contributed by atoms with E-state index in [9.17, 15) is 45.6 Å². The van der Waals surface area contributed by atoms with Gasteiger partial charge in [-0.05, 0) is 51.4 Å². The quantitative estimate of drug-likeness (QED) is 0.0204. The average Bonchev–Trinajstić information content (AvgIpc) is 3.42. The number of carbonyl (C=O) groups excluding carboxylic acids is 1. The number of amides is 1. The Labute approximate surface area is 461 Å². The Morgan fingerprint density at radius 1 is 0.474 bits per heavy atom. The molecule has 0 aromatic rings. The molecule has 2 fully saturated rings. The minimum Gasteiger partial charge on any atom is -0.394 e. The predicted molar refractivity (Wildman–Crippen MR) is 305 cm³/mol. The minimum absolute atomic E-state index is 0.237. The zero-order chi connectivity index (χ0) is 55.3. The maximum Gasteiger partial charge on any atom is 0.220 e. The smallest absolute Gasteiger partial charge is 0.220 e. The summed E-state index contributed by atoms with van der Waals surface area (Å²) in [6, 6.07) is -0.912. The molecule has 9 N–H and O–H groups in total. The van der Waals surface area contributed by atoms with Gasteiger partial charge in [-0.3, -0.25) is 4.79 Å². The highest BCUT2D eigenvalue weighted by molar-refractivity contribution is 5.76. The number of aliphatic hydroxyl groups excluding tert-OH is 8. The molecule has 0 aromatic carbocycles. The standard InChI is InChI=1S/C62H115NO13/c1-3-5-7-9-11-13-15-17-18-19-20-21-22-23-24-25-26-27-28-29-30-31-32-34-36-38-40-42-44-46-54(67)63-50(51(66)45-43-41-39-37-35-33-16-14-12-10-8-6-4-2)49-73-61-59(72)57(70)60(53(48-65)75-61)76-62-58(71)56(69)55(68)52(47-64)74-62/h15,17,19-20,43,45,50-53,55-62,64-66,68-72H,3-14,16,18,21-42,44,46-49H2,1-2H3,(H,63,67)/b17-15-,20-19-,45-43+. The molecule has 12 unspecified atom stereocenters. The fourth-order valence-electron chi connectivity index (χ4n) is 10.3. The molecule has 1 amide bonds. The third-order valence-corrected chi connectivity index (χ3v) is 15.3. The van der Waals surface area contributed by atoms with Gasteiger partial charge in [0.2, 0.25) is 5.91 Å². The van der Waals surface area contributed by atoms with Gasteiger partial charge in [0, 0.05) is 6.42 Å². The molecule has 76 heavy (non-hydrogen) atoms. The molecule has 2 heterocycles. The van der Waals surface area contributed by atoms with Gasteiger partial charge in [-0.15, -0.1) is 0 Å². The molecule has 2 rings (SSSR count). The number of ether oxygens (including phenoxy) is 4. The first-order valence-corrected chi connectivity index (χ1v) is 31.2. The van der Waals surface area contributed by atoms with Crippen molar-refractivity contribution in [2.24, 2.45) is 0 Å². The van der Waals surface area contributed by atoms with Gasteiger partial charge in [-0.2, -0.15) is 0 Å². The highest BCUT2D eigenvalue weighted by atomic mass is 16.7. The normalized spacial score (nSPS) is 25.1. The van der Waals surface area contributed by atoms with Crippen LogP contribution < -0.4 is 5.32 Å². The molecule has 0 aliphatic carbocycles. The lowest BCUT2D eigenvalue weighted by molar-refractivity contribution is -0.359. The van der Waals surface area contributed by atoms with Crippen LogP contribution in [-0.2, 0) is 23.7 Å². The Kier molecular flexibility index (Phi) is 44.4. The zero-order valence-corrected chi connectivity index (χ0v) is 48.0. The van der Waals surface area contributed by atoms with E-state index >= 15 is 0 Å². The largest absolute Gasteiger partial charge is 0.394 e. The fraction of sp³-hybridized carbons (Fsp3) is 0.887. The van der Waals surface area contributed by atoms with Gasteiger partial charge in [-0.1, -0.05) is 237 Å². The first-order chi connectivity index (χ1) is 37.1. The van der Waals surface area contributed by atoms with Crippen LogP contribution in [0.15, 0.2) is 36.5 Å². The molecule has 12 atom stereocenters. The maximum atomic E-state index is 13.3. The van der Waals surface area contributed by atoms with Crippen LogP contribution in [0.3, 0.4) is 0 Å². The number of nitrogens with one attached hydrogen (secondary N) is 1. The molecule has 14 nitrogen and oxygen atoms in total. The summed E-state index contributed by atoms with van der Waals surface area (Å²) in [5, 5.41) is 87.0.